The van der Waals surface area contributed by atoms with Gasteiger partial charge in [-0.15, -0.1) is 13.2 Å². The average Bonchev–Trinajstić information content (AvgIpc) is 2.87. The summed E-state index contributed by atoms with van der Waals surface area (Å²) >= 11 is 0. The Hall–Kier alpha value is -3.62. The Labute approximate surface area is 176 Å². The van der Waals surface area contributed by atoms with Crippen LogP contribution in [0.4, 0.5) is 13.2 Å². The molecule has 0 saturated carbocycles. The van der Waals surface area contributed by atoms with E-state index in [0.717, 1.165) is 29.2 Å². The van der Waals surface area contributed by atoms with E-state index in [1.165, 1.54) is 12.4 Å². The molecule has 9 heteroatoms. The molecular weight excluding hydrogens is 399 g/mol. The van der Waals surface area contributed by atoms with Crippen molar-refractivity contribution in [2.75, 3.05) is 13.1 Å². The van der Waals surface area contributed by atoms with Crippen molar-refractivity contribution in [3.05, 3.63) is 72.2 Å². The van der Waals surface area contributed by atoms with Crippen LogP contribution < -0.4 is 9.47 Å². The van der Waals surface area contributed by atoms with Gasteiger partial charge in [-0.1, -0.05) is 18.2 Å². The number of aromatic nitrogens is 2. The van der Waals surface area contributed by atoms with E-state index < -0.39 is 60.6 Å². The van der Waals surface area contributed by atoms with Gasteiger partial charge in [-0.05, 0) is 41.4 Å². The van der Waals surface area contributed by atoms with Crippen LogP contribution in [0.5, 0.6) is 11.5 Å². The van der Waals surface area contributed by atoms with Gasteiger partial charge in [-0.3, -0.25) is 4.79 Å². The van der Waals surface area contributed by atoms with Crippen molar-refractivity contribution in [2.24, 2.45) is 0 Å². The standard InChI is InChI=1S/C21H16F3N3O3/c22-21(23,24)30-16-5-2-14(3-6-16)15-4-7-18-17(12-15)20(28)27(10-11-29-18)13-19-25-8-1-9-26-19/h1-9,12H,10-11,13H2/i4D,7D,11D2,12D. The first-order chi connectivity index (χ1) is 16.4. The van der Waals surface area contributed by atoms with E-state index in [1.807, 2.05) is 0 Å². The molecule has 30 heavy (non-hydrogen) atoms. The van der Waals surface area contributed by atoms with Crippen molar-refractivity contribution in [3.63, 3.8) is 0 Å². The van der Waals surface area contributed by atoms with E-state index in [1.54, 1.807) is 6.07 Å². The molecule has 0 saturated heterocycles. The quantitative estimate of drug-likeness (QED) is 0.637. The van der Waals surface area contributed by atoms with Crippen LogP contribution in [0.1, 0.15) is 23.0 Å². The van der Waals surface area contributed by atoms with Crippen LogP contribution in [0.15, 0.2) is 60.9 Å². The minimum Gasteiger partial charge on any atom is -0.491 e. The molecule has 2 heterocycles. The van der Waals surface area contributed by atoms with Crippen molar-refractivity contribution in [1.82, 2.24) is 14.9 Å². The summed E-state index contributed by atoms with van der Waals surface area (Å²) in [6, 6.07) is 4.11. The minimum absolute atomic E-state index is 0.0869. The number of benzene rings is 2. The number of carbonyl (C=O) groups is 1. The number of halogens is 3. The number of hydrogen-bond donors (Lipinski definition) is 0. The first-order valence-corrected chi connectivity index (χ1v) is 8.60. The lowest BCUT2D eigenvalue weighted by Crippen LogP contribution is -2.32. The van der Waals surface area contributed by atoms with Crippen LogP contribution in [0.3, 0.4) is 0 Å². The van der Waals surface area contributed by atoms with Crippen molar-refractivity contribution in [2.45, 2.75) is 12.9 Å². The molecule has 0 unspecified atom stereocenters. The molecule has 6 nitrogen and oxygen atoms in total. The van der Waals surface area contributed by atoms with Crippen molar-refractivity contribution >= 4 is 5.91 Å². The van der Waals surface area contributed by atoms with Crippen LogP contribution in [0, 0.1) is 0 Å². The van der Waals surface area contributed by atoms with Crippen molar-refractivity contribution in [1.29, 1.82) is 0 Å². The first kappa shape index (κ1) is 14.4. The van der Waals surface area contributed by atoms with Gasteiger partial charge >= 0.3 is 6.36 Å². The second kappa shape index (κ2) is 8.02. The summed E-state index contributed by atoms with van der Waals surface area (Å²) in [6.45, 7) is -3.23. The number of nitrogens with zero attached hydrogens (tertiary/aromatic N) is 3. The molecule has 0 fully saturated rings. The number of fused-ring (bicyclic) bond motifs is 1. The smallest absolute Gasteiger partial charge is 0.491 e. The molecule has 1 amide bonds. The Morgan fingerprint density at radius 1 is 1.17 bits per heavy atom. The molecule has 1 aliphatic rings. The van der Waals surface area contributed by atoms with Crippen molar-refractivity contribution in [3.8, 4) is 22.6 Å². The lowest BCUT2D eigenvalue weighted by atomic mass is 10.0. The maximum atomic E-state index is 13.4. The Balaban J connectivity index is 1.82. The van der Waals surface area contributed by atoms with Gasteiger partial charge in [-0.25, -0.2) is 9.97 Å². The molecule has 3 aromatic rings. The minimum atomic E-state index is -4.91. The van der Waals surface area contributed by atoms with Gasteiger partial charge in [0.2, 0.25) is 0 Å². The molecule has 154 valence electrons. The number of alkyl halides is 3. The molecule has 4 rings (SSSR count). The van der Waals surface area contributed by atoms with E-state index in [0.29, 0.717) is 0 Å². The molecule has 1 aliphatic heterocycles. The van der Waals surface area contributed by atoms with E-state index >= 15 is 0 Å². The summed E-state index contributed by atoms with van der Waals surface area (Å²) in [6.07, 6.45) is -2.02. The fourth-order valence-electron chi connectivity index (χ4n) is 2.71. The molecule has 0 radical (unpaired) electrons. The van der Waals surface area contributed by atoms with Crippen LogP contribution in [-0.2, 0) is 6.54 Å². The third-order valence-corrected chi connectivity index (χ3v) is 4.04. The highest BCUT2D eigenvalue weighted by Crippen LogP contribution is 2.31. The van der Waals surface area contributed by atoms with Gasteiger partial charge in [0.25, 0.3) is 5.91 Å². The maximum Gasteiger partial charge on any atom is 0.573 e. The van der Waals surface area contributed by atoms with Crippen molar-refractivity contribution < 1.29 is 34.3 Å². The highest BCUT2D eigenvalue weighted by molar-refractivity contribution is 5.98. The summed E-state index contributed by atoms with van der Waals surface area (Å²) < 4.78 is 88.1. The van der Waals surface area contributed by atoms with Gasteiger partial charge in [0.1, 0.15) is 23.9 Å². The Bertz CT molecular complexity index is 1280. The lowest BCUT2D eigenvalue weighted by molar-refractivity contribution is -0.274. The molecule has 0 atom stereocenters. The Morgan fingerprint density at radius 2 is 1.90 bits per heavy atom. The third kappa shape index (κ3) is 4.51. The van der Waals surface area contributed by atoms with E-state index in [2.05, 4.69) is 14.7 Å². The SMILES string of the molecule is [2H]c1c([2H])c(-c2ccc(OC(F)(F)F)cc2)c([2H])c2c1OC([2H])([2H])CN(Cc1ncccn1)C2=O. The van der Waals surface area contributed by atoms with Gasteiger partial charge < -0.3 is 14.4 Å². The Morgan fingerprint density at radius 3 is 2.60 bits per heavy atom. The summed E-state index contributed by atoms with van der Waals surface area (Å²) in [7, 11) is 0. The molecule has 0 aliphatic carbocycles. The fourth-order valence-corrected chi connectivity index (χ4v) is 2.71. The van der Waals surface area contributed by atoms with E-state index in [-0.39, 0.29) is 23.5 Å². The Kier molecular flexibility index (Phi) is 3.84. The first-order valence-electron chi connectivity index (χ1n) is 11.1. The fraction of sp³-hybridized carbons (Fsp3) is 0.190. The number of amides is 1. The van der Waals surface area contributed by atoms with Crippen LogP contribution in [-0.4, -0.2) is 40.2 Å². The highest BCUT2D eigenvalue weighted by Gasteiger charge is 2.31. The number of carbonyl (C=O) groups excluding carboxylic acids is 1. The lowest BCUT2D eigenvalue weighted by Gasteiger charge is -2.19. The number of rotatable bonds is 4. The topological polar surface area (TPSA) is 64.6 Å². The normalized spacial score (nSPS) is 18.0. The zero-order chi connectivity index (χ0) is 25.5. The van der Waals surface area contributed by atoms with E-state index in [4.69, 9.17) is 11.6 Å². The van der Waals surface area contributed by atoms with E-state index in [9.17, 15) is 18.0 Å². The number of hydrogen-bond acceptors (Lipinski definition) is 5. The third-order valence-electron chi connectivity index (χ3n) is 4.04. The zero-order valence-electron chi connectivity index (χ0n) is 20.2. The van der Waals surface area contributed by atoms with Crippen LogP contribution >= 0.6 is 0 Å². The largest absolute Gasteiger partial charge is 0.573 e. The highest BCUT2D eigenvalue weighted by atomic mass is 19.4. The average molecular weight is 420 g/mol. The predicted molar refractivity (Wildman–Crippen MR) is 101 cm³/mol. The van der Waals surface area contributed by atoms with Gasteiger partial charge in [0, 0.05) is 12.4 Å². The molecular formula is C21H16F3N3O3. The number of ether oxygens (including phenoxy) is 2. The zero-order valence-corrected chi connectivity index (χ0v) is 15.2. The summed E-state index contributed by atoms with van der Waals surface area (Å²) in [4.78, 5) is 22.5. The summed E-state index contributed by atoms with van der Waals surface area (Å²) in [5.74, 6) is -1.73. The second-order valence-electron chi connectivity index (χ2n) is 6.10. The van der Waals surface area contributed by atoms with Crippen LogP contribution in [0.2, 0.25) is 0 Å². The molecule has 2 aromatic carbocycles. The van der Waals surface area contributed by atoms with Gasteiger partial charge in [-0.2, -0.15) is 0 Å². The molecule has 0 bridgehead atoms. The van der Waals surface area contributed by atoms with Gasteiger partial charge in [0.15, 0.2) is 0 Å². The molecule has 0 N–H and O–H groups in total. The second-order valence-corrected chi connectivity index (χ2v) is 6.10. The predicted octanol–water partition coefficient (Wildman–Crippen LogP) is 4.08. The summed E-state index contributed by atoms with van der Waals surface area (Å²) in [5, 5.41) is 0. The maximum absolute atomic E-state index is 13.4. The molecule has 1 aromatic heterocycles. The van der Waals surface area contributed by atoms with Crippen LogP contribution in [0.25, 0.3) is 11.1 Å². The monoisotopic (exact) mass is 420 g/mol. The summed E-state index contributed by atoms with van der Waals surface area (Å²) in [5.41, 5.74) is -0.569. The van der Waals surface area contributed by atoms with Gasteiger partial charge in [0.05, 0.1) is 25.5 Å². The molecule has 0 spiro atoms.